The Bertz CT molecular complexity index is 523. The molecule has 0 N–H and O–H groups in total. The number of alkyl halides is 2. The van der Waals surface area contributed by atoms with Gasteiger partial charge in [-0.3, -0.25) is 0 Å². The van der Waals surface area contributed by atoms with E-state index in [0.29, 0.717) is 10.0 Å². The predicted octanol–water partition coefficient (Wildman–Crippen LogP) is 5.93. The van der Waals surface area contributed by atoms with E-state index in [1.54, 1.807) is 6.07 Å². The smallest absolute Gasteiger partial charge is 0.104 e. The Kier molecular flexibility index (Phi) is 4.80. The number of rotatable bonds is 3. The van der Waals surface area contributed by atoms with Crippen LogP contribution in [-0.4, -0.2) is 4.84 Å². The lowest BCUT2D eigenvalue weighted by Gasteiger charge is -2.20. The lowest BCUT2D eigenvalue weighted by atomic mass is 9.93. The van der Waals surface area contributed by atoms with Gasteiger partial charge in [0.2, 0.25) is 0 Å². The molecule has 0 spiro atoms. The summed E-state index contributed by atoms with van der Waals surface area (Å²) in [7, 11) is 0. The third kappa shape index (κ3) is 2.95. The van der Waals surface area contributed by atoms with Crippen LogP contribution in [-0.2, 0) is 0 Å². The van der Waals surface area contributed by atoms with E-state index in [9.17, 15) is 0 Å². The third-order valence-corrected chi connectivity index (χ3v) is 4.06. The Hall–Kier alpha value is -0.400. The van der Waals surface area contributed by atoms with Crippen LogP contribution in [0.15, 0.2) is 48.5 Å². The fourth-order valence-corrected chi connectivity index (χ4v) is 2.87. The van der Waals surface area contributed by atoms with Crippen LogP contribution in [0.4, 0.5) is 0 Å². The summed E-state index contributed by atoms with van der Waals surface area (Å²) < 4.78 is 0. The molecule has 94 valence electrons. The molecule has 0 aliphatic heterocycles. The van der Waals surface area contributed by atoms with Gasteiger partial charge in [0, 0.05) is 5.92 Å². The molecule has 18 heavy (non-hydrogen) atoms. The number of hydrogen-bond acceptors (Lipinski definition) is 0. The molecule has 0 saturated heterocycles. The molecule has 4 heteroatoms. The highest BCUT2D eigenvalue weighted by molar-refractivity contribution is 6.45. The summed E-state index contributed by atoms with van der Waals surface area (Å²) in [6.45, 7) is 0. The van der Waals surface area contributed by atoms with Crippen molar-refractivity contribution in [2.45, 2.75) is 10.8 Å². The SMILES string of the molecule is Clc1cccc(C(c2ccccc2)C(Cl)Cl)c1Cl. The minimum absolute atomic E-state index is 0.194. The fourth-order valence-electron chi connectivity index (χ4n) is 1.88. The second kappa shape index (κ2) is 6.16. The quantitative estimate of drug-likeness (QED) is 0.615. The predicted molar refractivity (Wildman–Crippen MR) is 80.2 cm³/mol. The van der Waals surface area contributed by atoms with Gasteiger partial charge in [-0.05, 0) is 17.2 Å². The van der Waals surface area contributed by atoms with Crippen molar-refractivity contribution in [1.29, 1.82) is 0 Å². The van der Waals surface area contributed by atoms with Gasteiger partial charge < -0.3 is 0 Å². The summed E-state index contributed by atoms with van der Waals surface area (Å²) >= 11 is 24.5. The van der Waals surface area contributed by atoms with E-state index in [-0.39, 0.29) is 5.92 Å². The third-order valence-electron chi connectivity index (χ3n) is 2.73. The van der Waals surface area contributed by atoms with Crippen LogP contribution in [0.5, 0.6) is 0 Å². The van der Waals surface area contributed by atoms with Gasteiger partial charge in [-0.2, -0.15) is 0 Å². The summed E-state index contributed by atoms with van der Waals surface area (Å²) in [5.74, 6) is -0.194. The van der Waals surface area contributed by atoms with E-state index in [1.807, 2.05) is 42.5 Å². The summed E-state index contributed by atoms with van der Waals surface area (Å²) in [6, 6.07) is 15.2. The maximum atomic E-state index is 6.23. The zero-order valence-electron chi connectivity index (χ0n) is 9.29. The van der Waals surface area contributed by atoms with E-state index < -0.39 is 4.84 Å². The number of benzene rings is 2. The van der Waals surface area contributed by atoms with Crippen molar-refractivity contribution in [2.75, 3.05) is 0 Å². The van der Waals surface area contributed by atoms with Gasteiger partial charge in [-0.15, -0.1) is 23.2 Å². The molecule has 0 aromatic heterocycles. The fraction of sp³-hybridized carbons (Fsp3) is 0.143. The van der Waals surface area contributed by atoms with Crippen molar-refractivity contribution in [2.24, 2.45) is 0 Å². The Morgan fingerprint density at radius 2 is 1.44 bits per heavy atom. The zero-order valence-corrected chi connectivity index (χ0v) is 12.3. The Labute approximate surface area is 126 Å². The highest BCUT2D eigenvalue weighted by Gasteiger charge is 2.24. The Morgan fingerprint density at radius 1 is 0.778 bits per heavy atom. The molecular weight excluding hydrogens is 310 g/mol. The lowest BCUT2D eigenvalue weighted by Crippen LogP contribution is -2.09. The molecule has 0 aliphatic carbocycles. The van der Waals surface area contributed by atoms with E-state index in [4.69, 9.17) is 46.4 Å². The highest BCUT2D eigenvalue weighted by Crippen LogP contribution is 2.39. The summed E-state index contributed by atoms with van der Waals surface area (Å²) in [5, 5.41) is 1.00. The van der Waals surface area contributed by atoms with E-state index >= 15 is 0 Å². The molecule has 0 bridgehead atoms. The molecule has 0 saturated carbocycles. The van der Waals surface area contributed by atoms with Crippen LogP contribution < -0.4 is 0 Å². The molecule has 0 radical (unpaired) electrons. The van der Waals surface area contributed by atoms with Crippen LogP contribution in [0.1, 0.15) is 17.0 Å². The molecule has 0 amide bonds. The van der Waals surface area contributed by atoms with Gasteiger partial charge in [-0.25, -0.2) is 0 Å². The lowest BCUT2D eigenvalue weighted by molar-refractivity contribution is 0.887. The average molecular weight is 320 g/mol. The molecular formula is C14H10Cl4. The molecule has 2 rings (SSSR count). The van der Waals surface area contributed by atoms with Gasteiger partial charge in [0.05, 0.1) is 10.0 Å². The monoisotopic (exact) mass is 318 g/mol. The Morgan fingerprint density at radius 3 is 2.06 bits per heavy atom. The first-order valence-electron chi connectivity index (χ1n) is 5.38. The Balaban J connectivity index is 2.52. The molecule has 1 unspecified atom stereocenters. The first-order valence-corrected chi connectivity index (χ1v) is 7.01. The maximum absolute atomic E-state index is 6.23. The molecule has 2 aromatic carbocycles. The number of halogens is 4. The van der Waals surface area contributed by atoms with Crippen LogP contribution >= 0.6 is 46.4 Å². The normalized spacial score (nSPS) is 12.7. The van der Waals surface area contributed by atoms with E-state index in [1.165, 1.54) is 0 Å². The molecule has 1 atom stereocenters. The molecule has 0 nitrogen and oxygen atoms in total. The maximum Gasteiger partial charge on any atom is 0.118 e. The van der Waals surface area contributed by atoms with Crippen molar-refractivity contribution in [3.05, 3.63) is 69.7 Å². The average Bonchev–Trinajstić information content (AvgIpc) is 2.36. The van der Waals surface area contributed by atoms with Gasteiger partial charge in [-0.1, -0.05) is 65.7 Å². The van der Waals surface area contributed by atoms with Gasteiger partial charge in [0.15, 0.2) is 0 Å². The van der Waals surface area contributed by atoms with Crippen molar-refractivity contribution in [3.8, 4) is 0 Å². The first kappa shape index (κ1) is 14.0. The van der Waals surface area contributed by atoms with Crippen molar-refractivity contribution in [3.63, 3.8) is 0 Å². The van der Waals surface area contributed by atoms with Gasteiger partial charge in [0.25, 0.3) is 0 Å². The summed E-state index contributed by atoms with van der Waals surface area (Å²) in [5.41, 5.74) is 1.85. The van der Waals surface area contributed by atoms with Crippen molar-refractivity contribution >= 4 is 46.4 Å². The topological polar surface area (TPSA) is 0 Å². The summed E-state index contributed by atoms with van der Waals surface area (Å²) in [4.78, 5) is -0.594. The van der Waals surface area contributed by atoms with E-state index in [2.05, 4.69) is 0 Å². The minimum Gasteiger partial charge on any atom is -0.104 e. The zero-order chi connectivity index (χ0) is 13.1. The van der Waals surface area contributed by atoms with E-state index in [0.717, 1.165) is 11.1 Å². The van der Waals surface area contributed by atoms with Crippen LogP contribution in [0.3, 0.4) is 0 Å². The minimum atomic E-state index is -0.594. The highest BCUT2D eigenvalue weighted by atomic mass is 35.5. The van der Waals surface area contributed by atoms with Gasteiger partial charge in [0.1, 0.15) is 4.84 Å². The van der Waals surface area contributed by atoms with Crippen molar-refractivity contribution in [1.82, 2.24) is 0 Å². The van der Waals surface area contributed by atoms with Crippen molar-refractivity contribution < 1.29 is 0 Å². The van der Waals surface area contributed by atoms with Crippen LogP contribution in [0, 0.1) is 0 Å². The first-order chi connectivity index (χ1) is 8.61. The molecule has 0 aliphatic rings. The largest absolute Gasteiger partial charge is 0.118 e. The standard InChI is InChI=1S/C14H10Cl4/c15-11-8-4-7-10(13(11)16)12(14(17)18)9-5-2-1-3-6-9/h1-8,12,14H. The van der Waals surface area contributed by atoms with Crippen LogP contribution in [0.25, 0.3) is 0 Å². The second-order valence-electron chi connectivity index (χ2n) is 3.87. The molecule has 2 aromatic rings. The molecule has 0 heterocycles. The van der Waals surface area contributed by atoms with Gasteiger partial charge >= 0.3 is 0 Å². The number of hydrogen-bond donors (Lipinski definition) is 0. The van der Waals surface area contributed by atoms with Crippen LogP contribution in [0.2, 0.25) is 10.0 Å². The molecule has 0 fully saturated rings. The second-order valence-corrected chi connectivity index (χ2v) is 5.81. The summed E-state index contributed by atoms with van der Waals surface area (Å²) in [6.07, 6.45) is 0.